The molecule has 3 rings (SSSR count). The van der Waals surface area contributed by atoms with Gasteiger partial charge in [-0.15, -0.1) is 0 Å². The third-order valence-corrected chi connectivity index (χ3v) is 3.84. The first kappa shape index (κ1) is 12.2. The number of aliphatic hydroxyl groups excluding tert-OH is 1. The third kappa shape index (κ3) is 2.36. The summed E-state index contributed by atoms with van der Waals surface area (Å²) in [7, 11) is 0. The monoisotopic (exact) mass is 254 g/mol. The lowest BCUT2D eigenvalue weighted by Crippen LogP contribution is -2.00. The molecule has 1 aliphatic rings. The molecule has 1 unspecified atom stereocenters. The maximum Gasteiger partial charge on any atom is 0.123 e. The lowest BCUT2D eigenvalue weighted by molar-refractivity contribution is 0.180. The number of rotatable bonds is 3. The Hall–Kier alpha value is -1.80. The number of hydrogen-bond acceptors (Lipinski definition) is 2. The molecule has 0 saturated heterocycles. The second kappa shape index (κ2) is 5.06. The molecule has 0 aliphatic heterocycles. The summed E-state index contributed by atoms with van der Waals surface area (Å²) >= 11 is 0. The maximum absolute atomic E-state index is 9.88. The molecule has 1 atom stereocenters. The van der Waals surface area contributed by atoms with Crippen LogP contribution in [0.4, 0.5) is 0 Å². The molecule has 2 heteroatoms. The Labute approximate surface area is 113 Å². The van der Waals surface area contributed by atoms with Gasteiger partial charge in [-0.3, -0.25) is 0 Å². The Balaban J connectivity index is 1.80. The molecule has 2 aromatic rings. The van der Waals surface area contributed by atoms with Crippen LogP contribution in [0.2, 0.25) is 0 Å². The first-order valence-electron chi connectivity index (χ1n) is 6.73. The minimum Gasteiger partial charge on any atom is -0.489 e. The minimum atomic E-state index is -0.322. The molecule has 0 fully saturated rings. The molecule has 0 bridgehead atoms. The average molecular weight is 254 g/mol. The number of aryl methyl sites for hydroxylation is 1. The quantitative estimate of drug-likeness (QED) is 0.907. The lowest BCUT2D eigenvalue weighted by Gasteiger charge is -2.12. The van der Waals surface area contributed by atoms with E-state index in [4.69, 9.17) is 4.74 Å². The van der Waals surface area contributed by atoms with Gasteiger partial charge in [0.1, 0.15) is 12.4 Å². The molecule has 0 amide bonds. The van der Waals surface area contributed by atoms with Crippen molar-refractivity contribution in [2.45, 2.75) is 32.5 Å². The van der Waals surface area contributed by atoms with E-state index >= 15 is 0 Å². The summed E-state index contributed by atoms with van der Waals surface area (Å²) < 4.78 is 5.95. The number of hydrogen-bond donors (Lipinski definition) is 1. The fraction of sp³-hybridized carbons (Fsp3) is 0.294. The summed E-state index contributed by atoms with van der Waals surface area (Å²) in [5, 5.41) is 9.88. The first-order valence-corrected chi connectivity index (χ1v) is 6.73. The molecular formula is C17H18O2. The van der Waals surface area contributed by atoms with Crippen LogP contribution >= 0.6 is 0 Å². The minimum absolute atomic E-state index is 0.322. The highest BCUT2D eigenvalue weighted by Crippen LogP contribution is 2.36. The molecule has 98 valence electrons. The van der Waals surface area contributed by atoms with Crippen LogP contribution in [-0.4, -0.2) is 5.11 Å². The van der Waals surface area contributed by atoms with Gasteiger partial charge in [0, 0.05) is 5.56 Å². The van der Waals surface area contributed by atoms with Crippen molar-refractivity contribution in [1.29, 1.82) is 0 Å². The van der Waals surface area contributed by atoms with E-state index < -0.39 is 0 Å². The average Bonchev–Trinajstić information content (AvgIpc) is 2.81. The second-order valence-electron chi connectivity index (χ2n) is 5.09. The Bertz CT molecular complexity index is 590. The Morgan fingerprint density at radius 1 is 1.16 bits per heavy atom. The van der Waals surface area contributed by atoms with Crippen molar-refractivity contribution in [3.63, 3.8) is 0 Å². The summed E-state index contributed by atoms with van der Waals surface area (Å²) in [5.41, 5.74) is 4.65. The van der Waals surface area contributed by atoms with Crippen molar-refractivity contribution in [2.75, 3.05) is 0 Å². The zero-order valence-corrected chi connectivity index (χ0v) is 11.1. The van der Waals surface area contributed by atoms with Crippen LogP contribution in [0, 0.1) is 6.92 Å². The van der Waals surface area contributed by atoms with Crippen LogP contribution in [-0.2, 0) is 13.0 Å². The van der Waals surface area contributed by atoms with Crippen LogP contribution in [0.15, 0.2) is 42.5 Å². The molecule has 1 N–H and O–H groups in total. The van der Waals surface area contributed by atoms with Crippen molar-refractivity contribution >= 4 is 0 Å². The molecular weight excluding hydrogens is 236 g/mol. The van der Waals surface area contributed by atoms with E-state index in [0.717, 1.165) is 24.2 Å². The van der Waals surface area contributed by atoms with Gasteiger partial charge in [-0.1, -0.05) is 36.4 Å². The molecule has 0 heterocycles. The molecule has 0 aromatic heterocycles. The third-order valence-electron chi connectivity index (χ3n) is 3.84. The normalized spacial score (nSPS) is 17.3. The van der Waals surface area contributed by atoms with Gasteiger partial charge in [0.05, 0.1) is 6.10 Å². The highest BCUT2D eigenvalue weighted by Gasteiger charge is 2.23. The van der Waals surface area contributed by atoms with Crippen LogP contribution in [0.1, 0.15) is 34.8 Å². The second-order valence-corrected chi connectivity index (χ2v) is 5.09. The lowest BCUT2D eigenvalue weighted by atomic mass is 10.1. The molecule has 0 radical (unpaired) electrons. The topological polar surface area (TPSA) is 29.5 Å². The summed E-state index contributed by atoms with van der Waals surface area (Å²) in [5.74, 6) is 0.914. The zero-order chi connectivity index (χ0) is 13.2. The van der Waals surface area contributed by atoms with Gasteiger partial charge in [-0.2, -0.15) is 0 Å². The summed E-state index contributed by atoms with van der Waals surface area (Å²) in [4.78, 5) is 0. The Morgan fingerprint density at radius 3 is 2.84 bits per heavy atom. The molecule has 19 heavy (non-hydrogen) atoms. The van der Waals surface area contributed by atoms with Crippen LogP contribution in [0.25, 0.3) is 0 Å². The summed E-state index contributed by atoms with van der Waals surface area (Å²) in [6.07, 6.45) is 1.39. The van der Waals surface area contributed by atoms with Gasteiger partial charge < -0.3 is 9.84 Å². The molecule has 2 nitrogen and oxygen atoms in total. The van der Waals surface area contributed by atoms with E-state index in [-0.39, 0.29) is 6.10 Å². The standard InChI is InChI=1S/C17H18O2/c1-12-5-2-3-6-13(12)11-19-17-8-4-7-14-15(17)9-10-16(14)18/h2-8,16,18H,9-11H2,1H3. The van der Waals surface area contributed by atoms with Gasteiger partial charge in [-0.25, -0.2) is 0 Å². The van der Waals surface area contributed by atoms with E-state index in [0.29, 0.717) is 6.61 Å². The van der Waals surface area contributed by atoms with Gasteiger partial charge in [0.25, 0.3) is 0 Å². The van der Waals surface area contributed by atoms with Gasteiger partial charge in [0.2, 0.25) is 0 Å². The van der Waals surface area contributed by atoms with E-state index in [1.165, 1.54) is 16.7 Å². The Morgan fingerprint density at radius 2 is 2.00 bits per heavy atom. The predicted molar refractivity (Wildman–Crippen MR) is 75.2 cm³/mol. The zero-order valence-electron chi connectivity index (χ0n) is 11.1. The van der Waals surface area contributed by atoms with Gasteiger partial charge in [0.15, 0.2) is 0 Å². The molecule has 2 aromatic carbocycles. The van der Waals surface area contributed by atoms with Crippen molar-refractivity contribution < 1.29 is 9.84 Å². The van der Waals surface area contributed by atoms with Crippen molar-refractivity contribution in [1.82, 2.24) is 0 Å². The fourth-order valence-electron chi connectivity index (χ4n) is 2.66. The van der Waals surface area contributed by atoms with E-state index in [1.54, 1.807) is 0 Å². The van der Waals surface area contributed by atoms with Crippen molar-refractivity contribution in [2.24, 2.45) is 0 Å². The van der Waals surface area contributed by atoms with E-state index in [9.17, 15) is 5.11 Å². The first-order chi connectivity index (χ1) is 9.25. The van der Waals surface area contributed by atoms with Gasteiger partial charge in [-0.05, 0) is 42.5 Å². The maximum atomic E-state index is 9.88. The van der Waals surface area contributed by atoms with Gasteiger partial charge >= 0.3 is 0 Å². The smallest absolute Gasteiger partial charge is 0.123 e. The van der Waals surface area contributed by atoms with Crippen LogP contribution < -0.4 is 4.74 Å². The number of ether oxygens (including phenoxy) is 1. The predicted octanol–water partition coefficient (Wildman–Crippen LogP) is 3.55. The fourth-order valence-corrected chi connectivity index (χ4v) is 2.66. The highest BCUT2D eigenvalue weighted by atomic mass is 16.5. The number of benzene rings is 2. The Kier molecular flexibility index (Phi) is 3.26. The van der Waals surface area contributed by atoms with Crippen molar-refractivity contribution in [3.8, 4) is 5.75 Å². The molecule has 0 saturated carbocycles. The van der Waals surface area contributed by atoms with Crippen LogP contribution in [0.5, 0.6) is 5.75 Å². The SMILES string of the molecule is Cc1ccccc1COc1cccc2c1CCC2O. The molecule has 0 spiro atoms. The number of fused-ring (bicyclic) bond motifs is 1. The van der Waals surface area contributed by atoms with Crippen molar-refractivity contribution in [3.05, 3.63) is 64.7 Å². The number of aliphatic hydroxyl groups is 1. The molecule has 1 aliphatic carbocycles. The summed E-state index contributed by atoms with van der Waals surface area (Å²) in [6.45, 7) is 2.68. The highest BCUT2D eigenvalue weighted by molar-refractivity contribution is 5.44. The van der Waals surface area contributed by atoms with Crippen LogP contribution in [0.3, 0.4) is 0 Å². The largest absolute Gasteiger partial charge is 0.489 e. The summed E-state index contributed by atoms with van der Waals surface area (Å²) in [6, 6.07) is 14.2. The van der Waals surface area contributed by atoms with E-state index in [2.05, 4.69) is 19.1 Å². The van der Waals surface area contributed by atoms with E-state index in [1.807, 2.05) is 30.3 Å².